The highest BCUT2D eigenvalue weighted by Crippen LogP contribution is 2.25. The molecule has 0 aliphatic carbocycles. The van der Waals surface area contributed by atoms with Crippen LogP contribution in [0.4, 0.5) is 21.9 Å². The van der Waals surface area contributed by atoms with Crippen molar-refractivity contribution in [3.8, 4) is 0 Å². The Labute approximate surface area is 172 Å². The molecule has 0 bridgehead atoms. The van der Waals surface area contributed by atoms with Gasteiger partial charge in [-0.3, -0.25) is 4.72 Å². The van der Waals surface area contributed by atoms with Crippen LogP contribution in [0.15, 0.2) is 83.3 Å². The number of hydrogen-bond donors (Lipinski definition) is 3. The fourth-order valence-corrected chi connectivity index (χ4v) is 4.12. The zero-order valence-electron chi connectivity index (χ0n) is 14.7. The molecule has 0 aliphatic heterocycles. The Bertz CT molecular complexity index is 1070. The Morgan fingerprint density at radius 3 is 1.96 bits per heavy atom. The van der Waals surface area contributed by atoms with Crippen LogP contribution in [0, 0.1) is 0 Å². The molecule has 0 fully saturated rings. The maximum absolute atomic E-state index is 12.5. The van der Waals surface area contributed by atoms with E-state index in [1.165, 1.54) is 0 Å². The minimum absolute atomic E-state index is 0.161. The van der Waals surface area contributed by atoms with E-state index in [9.17, 15) is 13.2 Å². The summed E-state index contributed by atoms with van der Waals surface area (Å²) >= 11 is 3.36. The summed E-state index contributed by atoms with van der Waals surface area (Å²) in [5.74, 6) is -0.161. The lowest BCUT2D eigenvalue weighted by molar-refractivity contribution is 0.262. The predicted octanol–water partition coefficient (Wildman–Crippen LogP) is 5.04. The summed E-state index contributed by atoms with van der Waals surface area (Å²) in [5, 5.41) is 5.39. The molecule has 6 nitrogen and oxygen atoms in total. The van der Waals surface area contributed by atoms with Crippen molar-refractivity contribution in [1.29, 1.82) is 0 Å². The summed E-state index contributed by atoms with van der Waals surface area (Å²) in [4.78, 5) is 12.3. The van der Waals surface area contributed by atoms with Gasteiger partial charge in [-0.2, -0.15) is 0 Å². The number of halogens is 1. The first-order valence-corrected chi connectivity index (χ1v) is 10.8. The molecule has 0 atom stereocenters. The molecule has 0 radical (unpaired) electrons. The van der Waals surface area contributed by atoms with Crippen LogP contribution in [-0.2, 0) is 15.8 Å². The third kappa shape index (κ3) is 5.58. The summed E-state index contributed by atoms with van der Waals surface area (Å²) in [7, 11) is -3.64. The number of sulfonamides is 1. The van der Waals surface area contributed by atoms with Crippen LogP contribution < -0.4 is 15.4 Å². The number of carbonyl (C=O) groups is 1. The molecule has 8 heteroatoms. The lowest BCUT2D eigenvalue weighted by Crippen LogP contribution is -2.22. The quantitative estimate of drug-likeness (QED) is 0.482. The van der Waals surface area contributed by atoms with Gasteiger partial charge in [0, 0.05) is 4.47 Å². The second-order valence-electron chi connectivity index (χ2n) is 5.95. The first-order valence-electron chi connectivity index (χ1n) is 8.39. The third-order valence-electron chi connectivity index (χ3n) is 3.76. The molecule has 0 heterocycles. The molecule has 2 amide bonds. The van der Waals surface area contributed by atoms with Crippen molar-refractivity contribution in [3.63, 3.8) is 0 Å². The van der Waals surface area contributed by atoms with Gasteiger partial charge in [0.25, 0.3) is 0 Å². The largest absolute Gasteiger partial charge is 0.323 e. The molecule has 3 rings (SSSR count). The van der Waals surface area contributed by atoms with Crippen LogP contribution in [0.2, 0.25) is 0 Å². The van der Waals surface area contributed by atoms with Gasteiger partial charge in [-0.15, -0.1) is 0 Å². The molecule has 0 aliphatic rings. The number of rotatable bonds is 6. The van der Waals surface area contributed by atoms with Gasteiger partial charge in [0.2, 0.25) is 10.0 Å². The lowest BCUT2D eigenvalue weighted by atomic mass is 10.2. The van der Waals surface area contributed by atoms with E-state index in [1.807, 2.05) is 12.1 Å². The number of anilines is 3. The van der Waals surface area contributed by atoms with Crippen LogP contribution in [-0.4, -0.2) is 14.4 Å². The van der Waals surface area contributed by atoms with Gasteiger partial charge in [0.15, 0.2) is 0 Å². The first kappa shape index (κ1) is 19.9. The van der Waals surface area contributed by atoms with Crippen LogP contribution in [0.5, 0.6) is 0 Å². The smallest absolute Gasteiger partial charge is 0.307 e. The van der Waals surface area contributed by atoms with Gasteiger partial charge in [-0.05, 0) is 45.8 Å². The van der Waals surface area contributed by atoms with E-state index in [2.05, 4.69) is 31.3 Å². The van der Waals surface area contributed by atoms with Crippen molar-refractivity contribution >= 4 is 49.0 Å². The van der Waals surface area contributed by atoms with Crippen molar-refractivity contribution in [3.05, 3.63) is 88.9 Å². The summed E-state index contributed by atoms with van der Waals surface area (Å²) < 4.78 is 28.3. The van der Waals surface area contributed by atoms with E-state index in [1.54, 1.807) is 66.7 Å². The van der Waals surface area contributed by atoms with Gasteiger partial charge >= 0.3 is 6.03 Å². The molecule has 144 valence electrons. The highest BCUT2D eigenvalue weighted by atomic mass is 79.9. The zero-order valence-corrected chi connectivity index (χ0v) is 17.1. The van der Waals surface area contributed by atoms with Gasteiger partial charge in [0.1, 0.15) is 0 Å². The molecular formula is C20H18BrN3O3S. The third-order valence-corrected chi connectivity index (χ3v) is 5.70. The van der Waals surface area contributed by atoms with E-state index >= 15 is 0 Å². The molecule has 3 aromatic rings. The fourth-order valence-electron chi connectivity index (χ4n) is 2.52. The summed E-state index contributed by atoms with van der Waals surface area (Å²) in [6.45, 7) is 0. The minimum Gasteiger partial charge on any atom is -0.307 e. The standard InChI is InChI=1S/C20H18BrN3O3S/c21-16-10-4-5-11-17(16)22-20(25)23-18-12-6-7-13-19(18)24-28(26,27)14-15-8-2-1-3-9-15/h1-13,24H,14H2,(H2,22,23,25). The topological polar surface area (TPSA) is 87.3 Å². The van der Waals surface area contributed by atoms with Gasteiger partial charge < -0.3 is 10.6 Å². The van der Waals surface area contributed by atoms with Crippen LogP contribution >= 0.6 is 15.9 Å². The number of benzene rings is 3. The molecule has 0 aromatic heterocycles. The van der Waals surface area contributed by atoms with Crippen LogP contribution in [0.1, 0.15) is 5.56 Å². The monoisotopic (exact) mass is 459 g/mol. The molecule has 0 saturated heterocycles. The van der Waals surface area contributed by atoms with Gasteiger partial charge in [0.05, 0.1) is 22.8 Å². The Balaban J connectivity index is 1.72. The second kappa shape index (κ2) is 8.90. The molecule has 0 unspecified atom stereocenters. The van der Waals surface area contributed by atoms with Gasteiger partial charge in [-0.1, -0.05) is 54.6 Å². The SMILES string of the molecule is O=C(Nc1ccccc1Br)Nc1ccccc1NS(=O)(=O)Cc1ccccc1. The molecule has 0 spiro atoms. The maximum atomic E-state index is 12.5. The van der Waals surface area contributed by atoms with Crippen molar-refractivity contribution < 1.29 is 13.2 Å². The van der Waals surface area contributed by atoms with E-state index < -0.39 is 16.1 Å². The van der Waals surface area contributed by atoms with Crippen LogP contribution in [0.25, 0.3) is 0 Å². The number of amides is 2. The number of carbonyl (C=O) groups excluding carboxylic acids is 1. The Hall–Kier alpha value is -2.84. The fraction of sp³-hybridized carbons (Fsp3) is 0.0500. The average molecular weight is 460 g/mol. The summed E-state index contributed by atoms with van der Waals surface area (Å²) in [5.41, 5.74) is 1.92. The summed E-state index contributed by atoms with van der Waals surface area (Å²) in [6, 6.07) is 22.2. The highest BCUT2D eigenvalue weighted by Gasteiger charge is 2.15. The van der Waals surface area contributed by atoms with Crippen molar-refractivity contribution in [2.75, 3.05) is 15.4 Å². The van der Waals surface area contributed by atoms with Gasteiger partial charge in [-0.25, -0.2) is 13.2 Å². The van der Waals surface area contributed by atoms with E-state index in [0.717, 1.165) is 4.47 Å². The molecule has 0 saturated carbocycles. The number of para-hydroxylation sites is 3. The Morgan fingerprint density at radius 1 is 0.750 bits per heavy atom. The van der Waals surface area contributed by atoms with Crippen molar-refractivity contribution in [2.24, 2.45) is 0 Å². The summed E-state index contributed by atoms with van der Waals surface area (Å²) in [6.07, 6.45) is 0. The molecular weight excluding hydrogens is 442 g/mol. The molecule has 3 aromatic carbocycles. The van der Waals surface area contributed by atoms with Crippen molar-refractivity contribution in [1.82, 2.24) is 0 Å². The highest BCUT2D eigenvalue weighted by molar-refractivity contribution is 9.10. The first-order chi connectivity index (χ1) is 13.4. The Morgan fingerprint density at radius 2 is 1.29 bits per heavy atom. The number of nitrogens with one attached hydrogen (secondary N) is 3. The average Bonchev–Trinajstić information content (AvgIpc) is 2.65. The molecule has 28 heavy (non-hydrogen) atoms. The number of urea groups is 1. The van der Waals surface area contributed by atoms with Crippen molar-refractivity contribution in [2.45, 2.75) is 5.75 Å². The van der Waals surface area contributed by atoms with E-state index in [4.69, 9.17) is 0 Å². The normalized spacial score (nSPS) is 10.9. The molecule has 3 N–H and O–H groups in total. The number of hydrogen-bond acceptors (Lipinski definition) is 3. The Kier molecular flexibility index (Phi) is 6.33. The second-order valence-corrected chi connectivity index (χ2v) is 8.53. The lowest BCUT2D eigenvalue weighted by Gasteiger charge is -2.14. The maximum Gasteiger partial charge on any atom is 0.323 e. The minimum atomic E-state index is -3.64. The zero-order chi connectivity index (χ0) is 20.0. The van der Waals surface area contributed by atoms with E-state index in [0.29, 0.717) is 22.6 Å². The van der Waals surface area contributed by atoms with E-state index in [-0.39, 0.29) is 5.75 Å². The van der Waals surface area contributed by atoms with Crippen LogP contribution in [0.3, 0.4) is 0 Å². The predicted molar refractivity (Wildman–Crippen MR) is 116 cm³/mol.